The number of aryl methyl sites for hydroxylation is 1. The summed E-state index contributed by atoms with van der Waals surface area (Å²) in [5, 5.41) is 9.43. The molecule has 0 bridgehead atoms. The number of aromatic hydroxyl groups is 1. The van der Waals surface area contributed by atoms with Crippen molar-refractivity contribution in [1.82, 2.24) is 14.5 Å². The molecular formula is C16H15N3O. The van der Waals surface area contributed by atoms with E-state index in [1.165, 1.54) is 0 Å². The van der Waals surface area contributed by atoms with Crippen molar-refractivity contribution >= 4 is 0 Å². The lowest BCUT2D eigenvalue weighted by Crippen LogP contribution is -2.01. The van der Waals surface area contributed by atoms with Gasteiger partial charge in [0, 0.05) is 30.1 Å². The first-order valence-corrected chi connectivity index (χ1v) is 6.56. The molecule has 1 aromatic carbocycles. The standard InChI is InChI=1S/C16H15N3O/c1-2-16-18-11-15(12-7-9-17-10-8-12)19(16)13-3-5-14(20)6-4-13/h3-11,20H,2H2,1H3. The minimum atomic E-state index is 0.261. The minimum absolute atomic E-state index is 0.261. The zero-order chi connectivity index (χ0) is 13.9. The number of phenols is 1. The van der Waals surface area contributed by atoms with Crippen LogP contribution in [0.5, 0.6) is 5.75 Å². The second kappa shape index (κ2) is 5.17. The number of nitrogens with zero attached hydrogens (tertiary/aromatic N) is 3. The molecule has 0 aliphatic rings. The summed E-state index contributed by atoms with van der Waals surface area (Å²) >= 11 is 0. The average molecular weight is 265 g/mol. The highest BCUT2D eigenvalue weighted by Gasteiger charge is 2.12. The Balaban J connectivity index is 2.18. The molecule has 1 N–H and O–H groups in total. The van der Waals surface area contributed by atoms with Gasteiger partial charge in [-0.3, -0.25) is 9.55 Å². The van der Waals surface area contributed by atoms with Crippen LogP contribution in [0.4, 0.5) is 0 Å². The number of pyridine rings is 1. The van der Waals surface area contributed by atoms with Crippen LogP contribution in [0.1, 0.15) is 12.7 Å². The first-order chi connectivity index (χ1) is 9.79. The third-order valence-electron chi connectivity index (χ3n) is 3.24. The van der Waals surface area contributed by atoms with Crippen molar-refractivity contribution in [2.75, 3.05) is 0 Å². The van der Waals surface area contributed by atoms with Crippen LogP contribution in [0, 0.1) is 0 Å². The topological polar surface area (TPSA) is 50.9 Å². The molecule has 0 aliphatic carbocycles. The molecular weight excluding hydrogens is 250 g/mol. The van der Waals surface area contributed by atoms with Gasteiger partial charge in [0.1, 0.15) is 11.6 Å². The van der Waals surface area contributed by atoms with E-state index < -0.39 is 0 Å². The second-order valence-corrected chi connectivity index (χ2v) is 4.50. The fraction of sp³-hybridized carbons (Fsp3) is 0.125. The quantitative estimate of drug-likeness (QED) is 0.791. The lowest BCUT2D eigenvalue weighted by molar-refractivity contribution is 0.475. The van der Waals surface area contributed by atoms with Crippen LogP contribution >= 0.6 is 0 Å². The molecule has 2 aromatic heterocycles. The van der Waals surface area contributed by atoms with E-state index in [1.54, 1.807) is 24.5 Å². The minimum Gasteiger partial charge on any atom is -0.508 e. The van der Waals surface area contributed by atoms with Crippen LogP contribution < -0.4 is 0 Å². The van der Waals surface area contributed by atoms with Gasteiger partial charge < -0.3 is 5.11 Å². The highest BCUT2D eigenvalue weighted by molar-refractivity contribution is 5.62. The Bertz CT molecular complexity index is 702. The maximum absolute atomic E-state index is 9.43. The second-order valence-electron chi connectivity index (χ2n) is 4.50. The highest BCUT2D eigenvalue weighted by atomic mass is 16.3. The fourth-order valence-corrected chi connectivity index (χ4v) is 2.26. The first-order valence-electron chi connectivity index (χ1n) is 6.56. The maximum atomic E-state index is 9.43. The van der Waals surface area contributed by atoms with Crippen molar-refractivity contribution in [2.45, 2.75) is 13.3 Å². The highest BCUT2D eigenvalue weighted by Crippen LogP contribution is 2.25. The summed E-state index contributed by atoms with van der Waals surface area (Å²) in [6, 6.07) is 11.1. The van der Waals surface area contributed by atoms with E-state index >= 15 is 0 Å². The van der Waals surface area contributed by atoms with E-state index in [-0.39, 0.29) is 5.75 Å². The summed E-state index contributed by atoms with van der Waals surface area (Å²) in [6.45, 7) is 2.08. The number of hydrogen-bond donors (Lipinski definition) is 1. The molecule has 20 heavy (non-hydrogen) atoms. The molecule has 0 saturated carbocycles. The normalized spacial score (nSPS) is 10.7. The monoisotopic (exact) mass is 265 g/mol. The van der Waals surface area contributed by atoms with Crippen LogP contribution in [0.25, 0.3) is 16.9 Å². The van der Waals surface area contributed by atoms with Crippen molar-refractivity contribution in [3.05, 3.63) is 60.8 Å². The van der Waals surface area contributed by atoms with Crippen LogP contribution in [0.2, 0.25) is 0 Å². The van der Waals surface area contributed by atoms with Gasteiger partial charge in [0.25, 0.3) is 0 Å². The van der Waals surface area contributed by atoms with Gasteiger partial charge in [-0.2, -0.15) is 0 Å². The van der Waals surface area contributed by atoms with E-state index in [0.717, 1.165) is 29.2 Å². The summed E-state index contributed by atoms with van der Waals surface area (Å²) in [4.78, 5) is 8.54. The molecule has 0 spiro atoms. The number of aromatic nitrogens is 3. The van der Waals surface area contributed by atoms with Crippen LogP contribution in [-0.4, -0.2) is 19.6 Å². The van der Waals surface area contributed by atoms with Crippen molar-refractivity contribution in [3.8, 4) is 22.7 Å². The summed E-state index contributed by atoms with van der Waals surface area (Å²) in [6.07, 6.45) is 6.26. The van der Waals surface area contributed by atoms with Crippen LogP contribution in [0.15, 0.2) is 55.0 Å². The Morgan fingerprint density at radius 3 is 2.40 bits per heavy atom. The SMILES string of the molecule is CCc1ncc(-c2ccncc2)n1-c1ccc(O)cc1. The fourth-order valence-electron chi connectivity index (χ4n) is 2.26. The number of hydrogen-bond acceptors (Lipinski definition) is 3. The summed E-state index contributed by atoms with van der Waals surface area (Å²) in [5.41, 5.74) is 3.08. The molecule has 2 heterocycles. The molecule has 0 amide bonds. The zero-order valence-electron chi connectivity index (χ0n) is 11.2. The maximum Gasteiger partial charge on any atom is 0.115 e. The zero-order valence-corrected chi connectivity index (χ0v) is 11.2. The Morgan fingerprint density at radius 1 is 1.05 bits per heavy atom. The van der Waals surface area contributed by atoms with Gasteiger partial charge in [-0.05, 0) is 36.4 Å². The Labute approximate surface area is 117 Å². The lowest BCUT2D eigenvalue weighted by atomic mass is 10.2. The van der Waals surface area contributed by atoms with Gasteiger partial charge in [-0.15, -0.1) is 0 Å². The van der Waals surface area contributed by atoms with Crippen LogP contribution in [0.3, 0.4) is 0 Å². The summed E-state index contributed by atoms with van der Waals surface area (Å²) < 4.78 is 2.11. The third kappa shape index (κ3) is 2.16. The van der Waals surface area contributed by atoms with Gasteiger partial charge >= 0.3 is 0 Å². The van der Waals surface area contributed by atoms with E-state index in [1.807, 2.05) is 30.5 Å². The Morgan fingerprint density at radius 2 is 1.75 bits per heavy atom. The largest absolute Gasteiger partial charge is 0.508 e. The first kappa shape index (κ1) is 12.4. The molecule has 0 atom stereocenters. The molecule has 0 aliphatic heterocycles. The van der Waals surface area contributed by atoms with E-state index in [2.05, 4.69) is 21.5 Å². The van der Waals surface area contributed by atoms with E-state index in [4.69, 9.17) is 0 Å². The molecule has 3 rings (SSSR count). The molecule has 4 heteroatoms. The average Bonchev–Trinajstić information content (AvgIpc) is 2.93. The molecule has 0 unspecified atom stereocenters. The Kier molecular flexibility index (Phi) is 3.21. The van der Waals surface area contributed by atoms with Crippen molar-refractivity contribution in [1.29, 1.82) is 0 Å². The van der Waals surface area contributed by atoms with Gasteiger partial charge in [-0.25, -0.2) is 4.98 Å². The summed E-state index contributed by atoms with van der Waals surface area (Å²) in [7, 11) is 0. The molecule has 0 radical (unpaired) electrons. The molecule has 0 fully saturated rings. The predicted molar refractivity (Wildman–Crippen MR) is 77.8 cm³/mol. The molecule has 0 saturated heterocycles. The molecule has 4 nitrogen and oxygen atoms in total. The lowest BCUT2D eigenvalue weighted by Gasteiger charge is -2.11. The number of imidazole rings is 1. The van der Waals surface area contributed by atoms with Gasteiger partial charge in [0.15, 0.2) is 0 Å². The Hall–Kier alpha value is -2.62. The number of rotatable bonds is 3. The van der Waals surface area contributed by atoms with E-state index in [9.17, 15) is 5.11 Å². The van der Waals surface area contributed by atoms with Crippen molar-refractivity contribution in [3.63, 3.8) is 0 Å². The van der Waals surface area contributed by atoms with Gasteiger partial charge in [0.05, 0.1) is 11.9 Å². The van der Waals surface area contributed by atoms with Crippen molar-refractivity contribution < 1.29 is 5.11 Å². The number of phenolic OH excluding ortho intramolecular Hbond substituents is 1. The summed E-state index contributed by atoms with van der Waals surface area (Å²) in [5.74, 6) is 1.25. The number of benzene rings is 1. The molecule has 3 aromatic rings. The smallest absolute Gasteiger partial charge is 0.115 e. The van der Waals surface area contributed by atoms with Gasteiger partial charge in [-0.1, -0.05) is 6.92 Å². The third-order valence-corrected chi connectivity index (χ3v) is 3.24. The predicted octanol–water partition coefficient (Wildman–Crippen LogP) is 3.20. The van der Waals surface area contributed by atoms with Crippen molar-refractivity contribution in [2.24, 2.45) is 0 Å². The molecule has 100 valence electrons. The van der Waals surface area contributed by atoms with E-state index in [0.29, 0.717) is 0 Å². The van der Waals surface area contributed by atoms with Crippen LogP contribution in [-0.2, 0) is 6.42 Å². The van der Waals surface area contributed by atoms with Gasteiger partial charge in [0.2, 0.25) is 0 Å².